The van der Waals surface area contributed by atoms with E-state index < -0.39 is 0 Å². The van der Waals surface area contributed by atoms with E-state index >= 15 is 0 Å². The van der Waals surface area contributed by atoms with E-state index in [9.17, 15) is 0 Å². The summed E-state index contributed by atoms with van der Waals surface area (Å²) in [6, 6.07) is 0. The summed E-state index contributed by atoms with van der Waals surface area (Å²) in [5.74, 6) is 0. The maximum atomic E-state index is 4.19. The van der Waals surface area contributed by atoms with Crippen molar-refractivity contribution in [1.29, 1.82) is 0 Å². The smallest absolute Gasteiger partial charge is 0.0587 e. The first kappa shape index (κ1) is 9.13. The molecule has 0 fully saturated rings. The molecule has 0 saturated heterocycles. The van der Waals surface area contributed by atoms with E-state index in [1.165, 1.54) is 0 Å². The molecule has 1 heterocycles. The summed E-state index contributed by atoms with van der Waals surface area (Å²) < 4.78 is 0. The molecule has 0 aliphatic carbocycles. The molecule has 0 bridgehead atoms. The van der Waals surface area contributed by atoms with E-state index in [0.29, 0.717) is 0 Å². The van der Waals surface area contributed by atoms with Crippen molar-refractivity contribution in [2.75, 3.05) is 20.6 Å². The van der Waals surface area contributed by atoms with Crippen LogP contribution in [-0.4, -0.2) is 35.5 Å². The SMILES string of the molecule is CN(C)CCCc1cnccn1. The number of aromatic nitrogens is 2. The van der Waals surface area contributed by atoms with E-state index in [4.69, 9.17) is 0 Å². The van der Waals surface area contributed by atoms with Crippen molar-refractivity contribution >= 4 is 0 Å². The molecule has 0 aliphatic rings. The molecule has 0 saturated carbocycles. The third kappa shape index (κ3) is 3.44. The van der Waals surface area contributed by atoms with Gasteiger partial charge in [-0.1, -0.05) is 0 Å². The quantitative estimate of drug-likeness (QED) is 0.665. The maximum absolute atomic E-state index is 4.19. The number of aryl methyl sites for hydroxylation is 1. The second kappa shape index (κ2) is 4.83. The van der Waals surface area contributed by atoms with E-state index in [2.05, 4.69) is 29.0 Å². The highest BCUT2D eigenvalue weighted by molar-refractivity contribution is 4.94. The molecule has 0 unspecified atom stereocenters. The minimum Gasteiger partial charge on any atom is -0.309 e. The zero-order valence-corrected chi connectivity index (χ0v) is 7.70. The lowest BCUT2D eigenvalue weighted by atomic mass is 10.2. The molecular formula is C9H15N3. The van der Waals surface area contributed by atoms with Gasteiger partial charge in [-0.15, -0.1) is 0 Å². The molecule has 3 heteroatoms. The van der Waals surface area contributed by atoms with Gasteiger partial charge in [-0.2, -0.15) is 0 Å². The van der Waals surface area contributed by atoms with Crippen molar-refractivity contribution < 1.29 is 0 Å². The molecule has 0 N–H and O–H groups in total. The molecule has 0 radical (unpaired) electrons. The van der Waals surface area contributed by atoms with Gasteiger partial charge in [0.1, 0.15) is 0 Å². The van der Waals surface area contributed by atoms with Gasteiger partial charge in [0.05, 0.1) is 5.69 Å². The van der Waals surface area contributed by atoms with Gasteiger partial charge in [0.25, 0.3) is 0 Å². The summed E-state index contributed by atoms with van der Waals surface area (Å²) in [5.41, 5.74) is 1.08. The normalized spacial score (nSPS) is 10.6. The Kier molecular flexibility index (Phi) is 3.67. The van der Waals surface area contributed by atoms with Gasteiger partial charge in [-0.3, -0.25) is 9.97 Å². The molecule has 0 aliphatic heterocycles. The monoisotopic (exact) mass is 165 g/mol. The molecule has 0 spiro atoms. The Morgan fingerprint density at radius 2 is 2.17 bits per heavy atom. The maximum Gasteiger partial charge on any atom is 0.0587 e. The Balaban J connectivity index is 2.25. The van der Waals surface area contributed by atoms with Crippen molar-refractivity contribution in [1.82, 2.24) is 14.9 Å². The Morgan fingerprint density at radius 3 is 2.75 bits per heavy atom. The molecule has 1 aromatic rings. The lowest BCUT2D eigenvalue weighted by Gasteiger charge is -2.07. The van der Waals surface area contributed by atoms with Crippen LogP contribution < -0.4 is 0 Å². The number of hydrogen-bond acceptors (Lipinski definition) is 3. The fourth-order valence-corrected chi connectivity index (χ4v) is 1.04. The largest absolute Gasteiger partial charge is 0.309 e. The highest BCUT2D eigenvalue weighted by Gasteiger charge is 1.94. The number of hydrogen-bond donors (Lipinski definition) is 0. The minimum absolute atomic E-state index is 1.02. The summed E-state index contributed by atoms with van der Waals surface area (Å²) >= 11 is 0. The third-order valence-corrected chi connectivity index (χ3v) is 1.65. The van der Waals surface area contributed by atoms with Crippen molar-refractivity contribution in [2.45, 2.75) is 12.8 Å². The Morgan fingerprint density at radius 1 is 1.33 bits per heavy atom. The van der Waals surface area contributed by atoms with Crippen molar-refractivity contribution in [3.63, 3.8) is 0 Å². The molecule has 1 aromatic heterocycles. The van der Waals surface area contributed by atoms with Gasteiger partial charge in [-0.05, 0) is 33.5 Å². The number of rotatable bonds is 4. The van der Waals surface area contributed by atoms with Gasteiger partial charge in [0.2, 0.25) is 0 Å². The Bertz CT molecular complexity index is 208. The topological polar surface area (TPSA) is 29.0 Å². The fraction of sp³-hybridized carbons (Fsp3) is 0.556. The van der Waals surface area contributed by atoms with Crippen LogP contribution in [0.4, 0.5) is 0 Å². The first-order valence-electron chi connectivity index (χ1n) is 4.18. The summed E-state index contributed by atoms with van der Waals surface area (Å²) in [7, 11) is 4.16. The van der Waals surface area contributed by atoms with Gasteiger partial charge < -0.3 is 4.90 Å². The molecule has 0 aromatic carbocycles. The van der Waals surface area contributed by atoms with Gasteiger partial charge >= 0.3 is 0 Å². The average molecular weight is 165 g/mol. The Hall–Kier alpha value is -0.960. The van der Waals surface area contributed by atoms with Crippen molar-refractivity contribution in [3.05, 3.63) is 24.3 Å². The summed E-state index contributed by atoms with van der Waals surface area (Å²) in [5, 5.41) is 0. The van der Waals surface area contributed by atoms with Crippen LogP contribution >= 0.6 is 0 Å². The van der Waals surface area contributed by atoms with E-state index in [-0.39, 0.29) is 0 Å². The predicted molar refractivity (Wildman–Crippen MR) is 48.9 cm³/mol. The van der Waals surface area contributed by atoms with Crippen LogP contribution in [0.3, 0.4) is 0 Å². The zero-order valence-electron chi connectivity index (χ0n) is 7.70. The van der Waals surface area contributed by atoms with Crippen LogP contribution in [0.5, 0.6) is 0 Å². The standard InChI is InChI=1S/C9H15N3/c1-12(2)7-3-4-9-8-10-5-6-11-9/h5-6,8H,3-4,7H2,1-2H3. The van der Waals surface area contributed by atoms with Crippen LogP contribution in [0.2, 0.25) is 0 Å². The number of nitrogens with zero attached hydrogens (tertiary/aromatic N) is 3. The third-order valence-electron chi connectivity index (χ3n) is 1.65. The minimum atomic E-state index is 1.02. The molecule has 1 rings (SSSR count). The summed E-state index contributed by atoms with van der Waals surface area (Å²) in [6.45, 7) is 1.11. The lowest BCUT2D eigenvalue weighted by Crippen LogP contribution is -2.13. The van der Waals surface area contributed by atoms with Crippen LogP contribution in [0.1, 0.15) is 12.1 Å². The van der Waals surface area contributed by atoms with E-state index in [1.54, 1.807) is 12.4 Å². The fourth-order valence-electron chi connectivity index (χ4n) is 1.04. The predicted octanol–water partition coefficient (Wildman–Crippen LogP) is 0.971. The lowest BCUT2D eigenvalue weighted by molar-refractivity contribution is 0.399. The average Bonchev–Trinajstić information content (AvgIpc) is 2.05. The van der Waals surface area contributed by atoms with Crippen molar-refractivity contribution in [2.24, 2.45) is 0 Å². The van der Waals surface area contributed by atoms with Crippen molar-refractivity contribution in [3.8, 4) is 0 Å². The molecular weight excluding hydrogens is 150 g/mol. The van der Waals surface area contributed by atoms with Crippen LogP contribution in [-0.2, 0) is 6.42 Å². The van der Waals surface area contributed by atoms with Gasteiger partial charge in [0.15, 0.2) is 0 Å². The summed E-state index contributed by atoms with van der Waals surface area (Å²) in [6.07, 6.45) is 7.44. The molecule has 0 atom stereocenters. The Labute approximate surface area is 73.5 Å². The van der Waals surface area contributed by atoms with Crippen LogP contribution in [0, 0.1) is 0 Å². The second-order valence-electron chi connectivity index (χ2n) is 3.10. The summed E-state index contributed by atoms with van der Waals surface area (Å²) in [4.78, 5) is 10.4. The van der Waals surface area contributed by atoms with Crippen LogP contribution in [0.15, 0.2) is 18.6 Å². The molecule has 66 valence electrons. The van der Waals surface area contributed by atoms with Crippen LogP contribution in [0.25, 0.3) is 0 Å². The molecule has 3 nitrogen and oxygen atoms in total. The van der Waals surface area contributed by atoms with E-state index in [1.807, 2.05) is 6.20 Å². The highest BCUT2D eigenvalue weighted by Crippen LogP contribution is 1.96. The second-order valence-corrected chi connectivity index (χ2v) is 3.10. The molecule has 12 heavy (non-hydrogen) atoms. The van der Waals surface area contributed by atoms with Gasteiger partial charge in [0, 0.05) is 18.6 Å². The molecule has 0 amide bonds. The zero-order chi connectivity index (χ0) is 8.81. The highest BCUT2D eigenvalue weighted by atomic mass is 15.0. The first-order chi connectivity index (χ1) is 5.79. The van der Waals surface area contributed by atoms with Gasteiger partial charge in [-0.25, -0.2) is 0 Å². The van der Waals surface area contributed by atoms with E-state index in [0.717, 1.165) is 25.1 Å². The first-order valence-corrected chi connectivity index (χ1v) is 4.18.